The van der Waals surface area contributed by atoms with Crippen LogP contribution in [0.3, 0.4) is 0 Å². The maximum absolute atomic E-state index is 12.5. The highest BCUT2D eigenvalue weighted by Gasteiger charge is 2.24. The molecule has 0 bridgehead atoms. The molecule has 2 heterocycles. The number of aromatic nitrogens is 3. The van der Waals surface area contributed by atoms with Gasteiger partial charge in [0.2, 0.25) is 0 Å². The summed E-state index contributed by atoms with van der Waals surface area (Å²) < 4.78 is 7.20. The molecule has 0 aliphatic heterocycles. The van der Waals surface area contributed by atoms with Gasteiger partial charge >= 0.3 is 5.97 Å². The number of ether oxygens (including phenoxy) is 1. The first-order valence-corrected chi connectivity index (χ1v) is 8.74. The van der Waals surface area contributed by atoms with Crippen LogP contribution >= 0.6 is 0 Å². The van der Waals surface area contributed by atoms with Gasteiger partial charge in [-0.25, -0.2) is 14.8 Å². The maximum atomic E-state index is 12.5. The fraction of sp³-hybridized carbons (Fsp3) is 0.421. The van der Waals surface area contributed by atoms with Gasteiger partial charge in [0.25, 0.3) is 0 Å². The molecule has 3 aromatic rings. The lowest BCUT2D eigenvalue weighted by Gasteiger charge is -2.09. The molecule has 6 nitrogen and oxygen atoms in total. The van der Waals surface area contributed by atoms with Crippen LogP contribution in [-0.2, 0) is 11.3 Å². The number of esters is 1. The van der Waals surface area contributed by atoms with Gasteiger partial charge in [-0.15, -0.1) is 0 Å². The second kappa shape index (κ2) is 7.09. The molecule has 2 N–H and O–H groups in total. The zero-order valence-corrected chi connectivity index (χ0v) is 15.0. The Bertz CT molecular complexity index is 915. The van der Waals surface area contributed by atoms with Crippen molar-refractivity contribution in [2.45, 2.75) is 40.2 Å². The van der Waals surface area contributed by atoms with Gasteiger partial charge in [-0.3, -0.25) is 0 Å². The Kier molecular flexibility index (Phi) is 4.88. The third-order valence-electron chi connectivity index (χ3n) is 4.16. The number of carbonyl (C=O) groups is 1. The minimum atomic E-state index is -0.433. The van der Waals surface area contributed by atoms with Crippen molar-refractivity contribution in [3.05, 3.63) is 29.8 Å². The number of anilines is 1. The number of hydrogen-bond acceptors (Lipinski definition) is 5. The van der Waals surface area contributed by atoms with Crippen LogP contribution in [0.4, 0.5) is 5.82 Å². The summed E-state index contributed by atoms with van der Waals surface area (Å²) in [6.07, 6.45) is 1.69. The van der Waals surface area contributed by atoms with Crippen molar-refractivity contribution in [1.82, 2.24) is 14.5 Å². The molecular formula is C19H24N4O2. The predicted molar refractivity (Wildman–Crippen MR) is 99.5 cm³/mol. The maximum Gasteiger partial charge on any atom is 0.344 e. The first kappa shape index (κ1) is 17.2. The summed E-state index contributed by atoms with van der Waals surface area (Å²) in [6, 6.07) is 7.61. The normalized spacial score (nSPS) is 11.5. The van der Waals surface area contributed by atoms with Crippen LogP contribution in [0, 0.1) is 5.92 Å². The van der Waals surface area contributed by atoms with Crippen LogP contribution in [0.5, 0.6) is 0 Å². The van der Waals surface area contributed by atoms with E-state index < -0.39 is 5.97 Å². The first-order valence-electron chi connectivity index (χ1n) is 8.74. The number of aryl methyl sites for hydroxylation is 1. The molecule has 0 aliphatic rings. The van der Waals surface area contributed by atoms with Crippen LogP contribution in [0.25, 0.3) is 22.2 Å². The molecule has 2 aromatic heterocycles. The van der Waals surface area contributed by atoms with Crippen LogP contribution in [0.1, 0.15) is 44.0 Å². The summed E-state index contributed by atoms with van der Waals surface area (Å²) >= 11 is 0. The van der Waals surface area contributed by atoms with Crippen LogP contribution in [-0.4, -0.2) is 27.1 Å². The molecule has 0 saturated carbocycles. The molecule has 0 aliphatic carbocycles. The Morgan fingerprint density at radius 3 is 2.56 bits per heavy atom. The van der Waals surface area contributed by atoms with Crippen LogP contribution in [0.2, 0.25) is 0 Å². The van der Waals surface area contributed by atoms with E-state index in [2.05, 4.69) is 18.8 Å². The molecule has 0 radical (unpaired) electrons. The Balaban J connectivity index is 2.20. The average Bonchev–Trinajstić information content (AvgIpc) is 2.86. The highest BCUT2D eigenvalue weighted by atomic mass is 16.5. The molecule has 3 rings (SSSR count). The Labute approximate surface area is 147 Å². The summed E-state index contributed by atoms with van der Waals surface area (Å²) in [5.41, 5.74) is 9.32. The van der Waals surface area contributed by atoms with Gasteiger partial charge < -0.3 is 15.0 Å². The summed E-state index contributed by atoms with van der Waals surface area (Å²) in [6.45, 7) is 7.31. The van der Waals surface area contributed by atoms with Crippen molar-refractivity contribution in [3.8, 4) is 0 Å². The average molecular weight is 340 g/mol. The van der Waals surface area contributed by atoms with E-state index in [0.29, 0.717) is 41.6 Å². The minimum absolute atomic E-state index is 0.324. The van der Waals surface area contributed by atoms with Crippen LogP contribution in [0.15, 0.2) is 24.3 Å². The number of rotatable bonds is 6. The van der Waals surface area contributed by atoms with Gasteiger partial charge in [-0.2, -0.15) is 0 Å². The second-order valence-corrected chi connectivity index (χ2v) is 6.61. The van der Waals surface area contributed by atoms with E-state index in [4.69, 9.17) is 15.5 Å². The molecule has 0 atom stereocenters. The van der Waals surface area contributed by atoms with E-state index in [1.54, 1.807) is 0 Å². The van der Waals surface area contributed by atoms with Crippen molar-refractivity contribution in [3.63, 3.8) is 0 Å². The van der Waals surface area contributed by atoms with Gasteiger partial charge in [0.1, 0.15) is 16.9 Å². The topological polar surface area (TPSA) is 83.0 Å². The lowest BCUT2D eigenvalue weighted by molar-refractivity contribution is 0.0508. The number of nitrogen functional groups attached to an aromatic ring is 1. The van der Waals surface area contributed by atoms with Crippen molar-refractivity contribution in [2.75, 3.05) is 12.3 Å². The molecule has 132 valence electrons. The molecular weight excluding hydrogens is 316 g/mol. The quantitative estimate of drug-likeness (QED) is 0.690. The Morgan fingerprint density at radius 2 is 1.92 bits per heavy atom. The monoisotopic (exact) mass is 340 g/mol. The standard InChI is InChI=1S/C19H24N4O2/c1-4-11-25-19(24)15-16-18(23(17(15)20)10-9-12(2)3)22-14-8-6-5-7-13(14)21-16/h5-8,12H,4,9-11,20H2,1-3H3. The number of hydrogen-bond donors (Lipinski definition) is 1. The van der Waals surface area contributed by atoms with Crippen molar-refractivity contribution in [2.24, 2.45) is 5.92 Å². The largest absolute Gasteiger partial charge is 0.462 e. The summed E-state index contributed by atoms with van der Waals surface area (Å²) in [7, 11) is 0. The Hall–Kier alpha value is -2.63. The third-order valence-corrected chi connectivity index (χ3v) is 4.16. The van der Waals surface area contributed by atoms with E-state index in [1.165, 1.54) is 0 Å². The number of nitrogens with two attached hydrogens (primary N) is 1. The highest BCUT2D eigenvalue weighted by Crippen LogP contribution is 2.29. The predicted octanol–water partition coefficient (Wildman–Crippen LogP) is 3.78. The Morgan fingerprint density at radius 1 is 1.24 bits per heavy atom. The third kappa shape index (κ3) is 3.29. The minimum Gasteiger partial charge on any atom is -0.462 e. The molecule has 0 fully saturated rings. The SMILES string of the molecule is CCCOC(=O)c1c(N)n(CCC(C)C)c2nc3ccccc3nc12. The number of carbonyl (C=O) groups excluding carboxylic acids is 1. The summed E-state index contributed by atoms with van der Waals surface area (Å²) in [5, 5.41) is 0. The first-order chi connectivity index (χ1) is 12.0. The number of benzene rings is 1. The van der Waals surface area contributed by atoms with Crippen molar-refractivity contribution in [1.29, 1.82) is 0 Å². The lowest BCUT2D eigenvalue weighted by Crippen LogP contribution is -2.11. The molecule has 25 heavy (non-hydrogen) atoms. The van der Waals surface area contributed by atoms with E-state index in [9.17, 15) is 4.79 Å². The van der Waals surface area contributed by atoms with E-state index >= 15 is 0 Å². The molecule has 0 unspecified atom stereocenters. The fourth-order valence-electron chi connectivity index (χ4n) is 2.80. The summed E-state index contributed by atoms with van der Waals surface area (Å²) in [4.78, 5) is 21.9. The van der Waals surface area contributed by atoms with Crippen molar-refractivity contribution >= 4 is 34.0 Å². The van der Waals surface area contributed by atoms with Gasteiger partial charge in [-0.1, -0.05) is 32.9 Å². The van der Waals surface area contributed by atoms with Gasteiger partial charge in [0.05, 0.1) is 17.6 Å². The van der Waals surface area contributed by atoms with Crippen LogP contribution < -0.4 is 5.73 Å². The second-order valence-electron chi connectivity index (χ2n) is 6.61. The fourth-order valence-corrected chi connectivity index (χ4v) is 2.80. The van der Waals surface area contributed by atoms with Gasteiger partial charge in [0, 0.05) is 6.54 Å². The lowest BCUT2D eigenvalue weighted by atomic mass is 10.1. The number of para-hydroxylation sites is 2. The van der Waals surface area contributed by atoms with Gasteiger partial charge in [0.15, 0.2) is 5.65 Å². The van der Waals surface area contributed by atoms with Gasteiger partial charge in [-0.05, 0) is 30.9 Å². The highest BCUT2D eigenvalue weighted by molar-refractivity contribution is 6.08. The smallest absolute Gasteiger partial charge is 0.344 e. The molecule has 0 amide bonds. The van der Waals surface area contributed by atoms with E-state index in [1.807, 2.05) is 35.8 Å². The molecule has 1 aromatic carbocycles. The van der Waals surface area contributed by atoms with E-state index in [0.717, 1.165) is 23.9 Å². The summed E-state index contributed by atoms with van der Waals surface area (Å²) in [5.74, 6) is 0.463. The van der Waals surface area contributed by atoms with Crippen molar-refractivity contribution < 1.29 is 9.53 Å². The zero-order valence-electron chi connectivity index (χ0n) is 15.0. The van der Waals surface area contributed by atoms with E-state index in [-0.39, 0.29) is 0 Å². The number of nitrogens with zero attached hydrogens (tertiary/aromatic N) is 3. The molecule has 0 saturated heterocycles. The molecule has 0 spiro atoms. The zero-order chi connectivity index (χ0) is 18.0. The molecule has 6 heteroatoms. The number of fused-ring (bicyclic) bond motifs is 2.